The summed E-state index contributed by atoms with van der Waals surface area (Å²) in [5.74, 6) is 0.840. The van der Waals surface area contributed by atoms with Gasteiger partial charge in [0.15, 0.2) is 0 Å². The van der Waals surface area contributed by atoms with Gasteiger partial charge in [0.2, 0.25) is 5.91 Å². The van der Waals surface area contributed by atoms with Gasteiger partial charge in [0, 0.05) is 39.2 Å². The molecule has 0 aromatic carbocycles. The van der Waals surface area contributed by atoms with Crippen LogP contribution >= 0.6 is 0 Å². The second kappa shape index (κ2) is 7.01. The Morgan fingerprint density at radius 1 is 1.48 bits per heavy atom. The molecular weight excluding hydrogens is 292 g/mol. The van der Waals surface area contributed by atoms with E-state index in [0.717, 1.165) is 36.8 Å². The first-order chi connectivity index (χ1) is 11.1. The summed E-state index contributed by atoms with van der Waals surface area (Å²) in [6.07, 6.45) is 5.42. The van der Waals surface area contributed by atoms with Crippen molar-refractivity contribution in [1.29, 1.82) is 0 Å². The zero-order chi connectivity index (χ0) is 16.4. The number of methoxy groups -OCH3 is 1. The SMILES string of the molecule is COCCNC(=O)C1c2c(ncn2C(C)C)CCN1CC1CC1. The van der Waals surface area contributed by atoms with Crippen molar-refractivity contribution in [3.63, 3.8) is 0 Å². The maximum atomic E-state index is 12.9. The largest absolute Gasteiger partial charge is 0.383 e. The topological polar surface area (TPSA) is 59.4 Å². The molecule has 1 unspecified atom stereocenters. The lowest BCUT2D eigenvalue weighted by atomic mass is 10.0. The van der Waals surface area contributed by atoms with Crippen molar-refractivity contribution < 1.29 is 9.53 Å². The van der Waals surface area contributed by atoms with Crippen molar-refractivity contribution in [3.8, 4) is 0 Å². The van der Waals surface area contributed by atoms with E-state index in [1.54, 1.807) is 7.11 Å². The average Bonchev–Trinajstić information content (AvgIpc) is 3.22. The van der Waals surface area contributed by atoms with E-state index in [0.29, 0.717) is 19.2 Å². The van der Waals surface area contributed by atoms with E-state index in [2.05, 4.69) is 33.6 Å². The molecule has 0 spiro atoms. The fraction of sp³-hybridized carbons (Fsp3) is 0.765. The van der Waals surface area contributed by atoms with Crippen molar-refractivity contribution in [2.45, 2.75) is 45.2 Å². The molecule has 2 aliphatic rings. The maximum absolute atomic E-state index is 12.9. The summed E-state index contributed by atoms with van der Waals surface area (Å²) in [4.78, 5) is 19.8. The number of carbonyl (C=O) groups excluding carboxylic acids is 1. The molecule has 0 saturated heterocycles. The van der Waals surface area contributed by atoms with Gasteiger partial charge in [0.1, 0.15) is 6.04 Å². The third-order valence-corrected chi connectivity index (χ3v) is 4.77. The fourth-order valence-corrected chi connectivity index (χ4v) is 3.36. The van der Waals surface area contributed by atoms with Crippen LogP contribution in [0.25, 0.3) is 0 Å². The Labute approximate surface area is 138 Å². The molecule has 6 nitrogen and oxygen atoms in total. The van der Waals surface area contributed by atoms with Gasteiger partial charge < -0.3 is 14.6 Å². The summed E-state index contributed by atoms with van der Waals surface area (Å²) < 4.78 is 7.21. The van der Waals surface area contributed by atoms with E-state index in [1.807, 2.05) is 6.33 Å². The molecule has 1 amide bonds. The van der Waals surface area contributed by atoms with Crippen LogP contribution in [0.2, 0.25) is 0 Å². The monoisotopic (exact) mass is 320 g/mol. The normalized spacial score (nSPS) is 21.5. The third-order valence-electron chi connectivity index (χ3n) is 4.77. The summed E-state index contributed by atoms with van der Waals surface area (Å²) in [5.41, 5.74) is 2.17. The quantitative estimate of drug-likeness (QED) is 0.774. The van der Waals surface area contributed by atoms with Crippen LogP contribution < -0.4 is 5.32 Å². The highest BCUT2D eigenvalue weighted by Gasteiger charge is 2.39. The van der Waals surface area contributed by atoms with Gasteiger partial charge in [-0.15, -0.1) is 0 Å². The second-order valence-electron chi connectivity index (χ2n) is 6.95. The highest BCUT2D eigenvalue weighted by atomic mass is 16.5. The number of imidazole rings is 1. The molecule has 1 atom stereocenters. The molecule has 1 N–H and O–H groups in total. The van der Waals surface area contributed by atoms with E-state index in [9.17, 15) is 4.79 Å². The predicted octanol–water partition coefficient (Wildman–Crippen LogP) is 1.54. The van der Waals surface area contributed by atoms with Gasteiger partial charge >= 0.3 is 0 Å². The Morgan fingerprint density at radius 3 is 2.91 bits per heavy atom. The Balaban J connectivity index is 1.85. The molecule has 1 fully saturated rings. The minimum Gasteiger partial charge on any atom is -0.383 e. The molecule has 3 rings (SSSR count). The van der Waals surface area contributed by atoms with Crippen LogP contribution in [0.5, 0.6) is 0 Å². The molecular formula is C17H28N4O2. The molecule has 23 heavy (non-hydrogen) atoms. The van der Waals surface area contributed by atoms with E-state index < -0.39 is 0 Å². The van der Waals surface area contributed by atoms with Crippen LogP contribution in [0.4, 0.5) is 0 Å². The Kier molecular flexibility index (Phi) is 5.02. The Hall–Kier alpha value is -1.40. The first-order valence-corrected chi connectivity index (χ1v) is 8.68. The zero-order valence-electron chi connectivity index (χ0n) is 14.4. The van der Waals surface area contributed by atoms with Gasteiger partial charge in [-0.3, -0.25) is 9.69 Å². The summed E-state index contributed by atoms with van der Waals surface area (Å²) in [5, 5.41) is 3.03. The minimum atomic E-state index is -0.221. The lowest BCUT2D eigenvalue weighted by Gasteiger charge is -2.36. The van der Waals surface area contributed by atoms with Crippen molar-refractivity contribution in [1.82, 2.24) is 19.8 Å². The lowest BCUT2D eigenvalue weighted by molar-refractivity contribution is -0.127. The van der Waals surface area contributed by atoms with Gasteiger partial charge in [0.05, 0.1) is 24.3 Å². The Morgan fingerprint density at radius 2 is 2.26 bits per heavy atom. The van der Waals surface area contributed by atoms with Crippen LogP contribution in [0.1, 0.15) is 50.2 Å². The molecule has 128 valence electrons. The molecule has 1 aliphatic carbocycles. The number of rotatable bonds is 7. The summed E-state index contributed by atoms with van der Waals surface area (Å²) in [6, 6.07) is 0.0857. The van der Waals surface area contributed by atoms with E-state index in [-0.39, 0.29) is 11.9 Å². The number of aromatic nitrogens is 2. The standard InChI is InChI=1S/C17H28N4O2/c1-12(2)21-11-19-14-6-8-20(10-13-4-5-13)16(15(14)21)17(22)18-7-9-23-3/h11-13,16H,4-10H2,1-3H3,(H,18,22). The molecule has 0 radical (unpaired) electrons. The van der Waals surface area contributed by atoms with Gasteiger partial charge in [0.25, 0.3) is 0 Å². The average molecular weight is 320 g/mol. The van der Waals surface area contributed by atoms with Crippen LogP contribution in [0.15, 0.2) is 6.33 Å². The maximum Gasteiger partial charge on any atom is 0.243 e. The highest BCUT2D eigenvalue weighted by molar-refractivity contribution is 5.83. The minimum absolute atomic E-state index is 0.0750. The van der Waals surface area contributed by atoms with E-state index >= 15 is 0 Å². The smallest absolute Gasteiger partial charge is 0.243 e. The molecule has 1 aromatic heterocycles. The van der Waals surface area contributed by atoms with Crippen LogP contribution in [0.3, 0.4) is 0 Å². The van der Waals surface area contributed by atoms with Gasteiger partial charge in [-0.25, -0.2) is 4.98 Å². The number of nitrogens with zero attached hydrogens (tertiary/aromatic N) is 3. The van der Waals surface area contributed by atoms with Crippen LogP contribution in [0, 0.1) is 5.92 Å². The lowest BCUT2D eigenvalue weighted by Crippen LogP contribution is -2.46. The first-order valence-electron chi connectivity index (χ1n) is 8.68. The number of hydrogen-bond donors (Lipinski definition) is 1. The molecule has 0 bridgehead atoms. The zero-order valence-corrected chi connectivity index (χ0v) is 14.4. The number of amides is 1. The predicted molar refractivity (Wildman–Crippen MR) is 88.2 cm³/mol. The van der Waals surface area contributed by atoms with Crippen molar-refractivity contribution >= 4 is 5.91 Å². The van der Waals surface area contributed by atoms with Crippen molar-refractivity contribution in [3.05, 3.63) is 17.7 Å². The molecule has 2 heterocycles. The third kappa shape index (κ3) is 3.58. The van der Waals surface area contributed by atoms with Gasteiger partial charge in [-0.1, -0.05) is 0 Å². The van der Waals surface area contributed by atoms with E-state index in [4.69, 9.17) is 4.74 Å². The first kappa shape index (κ1) is 16.5. The van der Waals surface area contributed by atoms with Crippen LogP contribution in [-0.2, 0) is 16.0 Å². The van der Waals surface area contributed by atoms with Gasteiger partial charge in [-0.2, -0.15) is 0 Å². The Bertz CT molecular complexity index is 551. The number of nitrogens with one attached hydrogen (secondary N) is 1. The number of hydrogen-bond acceptors (Lipinski definition) is 4. The highest BCUT2D eigenvalue weighted by Crippen LogP contribution is 2.36. The second-order valence-corrected chi connectivity index (χ2v) is 6.95. The molecule has 1 aliphatic heterocycles. The van der Waals surface area contributed by atoms with Crippen LogP contribution in [-0.4, -0.2) is 53.7 Å². The van der Waals surface area contributed by atoms with Crippen molar-refractivity contribution in [2.24, 2.45) is 5.92 Å². The molecule has 6 heteroatoms. The number of fused-ring (bicyclic) bond motifs is 1. The fourth-order valence-electron chi connectivity index (χ4n) is 3.36. The summed E-state index contributed by atoms with van der Waals surface area (Å²) in [6.45, 7) is 7.31. The number of carbonyl (C=O) groups is 1. The van der Waals surface area contributed by atoms with Gasteiger partial charge in [-0.05, 0) is 32.6 Å². The van der Waals surface area contributed by atoms with Crippen molar-refractivity contribution in [2.75, 3.05) is 33.4 Å². The molecule has 1 saturated carbocycles. The molecule has 1 aromatic rings. The summed E-state index contributed by atoms with van der Waals surface area (Å²) in [7, 11) is 1.65. The summed E-state index contributed by atoms with van der Waals surface area (Å²) >= 11 is 0. The number of ether oxygens (including phenoxy) is 1. The van der Waals surface area contributed by atoms with E-state index in [1.165, 1.54) is 12.8 Å².